The fourth-order valence-electron chi connectivity index (χ4n) is 1.75. The third kappa shape index (κ3) is 7.31. The Balaban J connectivity index is 2.20. The largest absolute Gasteiger partial charge is 0.493 e. The summed E-state index contributed by atoms with van der Waals surface area (Å²) in [5.74, 6) is 1.32. The standard InChI is InChI=1S/C17H28N2O3/c1-17(2,3)14-6-8-15(9-7-14)21-11-5-12-22-19-16(18)10-13-20-4/h6-9H,5,10-13H2,1-4H3,(H2,18,19). The van der Waals surface area contributed by atoms with Gasteiger partial charge in [0.15, 0.2) is 0 Å². The normalized spacial score (nSPS) is 12.3. The van der Waals surface area contributed by atoms with Gasteiger partial charge in [0.25, 0.3) is 0 Å². The second-order valence-electron chi connectivity index (χ2n) is 6.14. The molecule has 0 saturated heterocycles. The molecule has 0 aliphatic heterocycles. The summed E-state index contributed by atoms with van der Waals surface area (Å²) in [6.07, 6.45) is 1.33. The second kappa shape index (κ2) is 9.30. The van der Waals surface area contributed by atoms with Crippen LogP contribution in [0.3, 0.4) is 0 Å². The molecule has 0 aromatic heterocycles. The molecule has 1 rings (SSSR count). The number of hydrogen-bond donors (Lipinski definition) is 1. The third-order valence-corrected chi connectivity index (χ3v) is 3.11. The predicted molar refractivity (Wildman–Crippen MR) is 89.3 cm³/mol. The van der Waals surface area contributed by atoms with Crippen LogP contribution in [-0.2, 0) is 15.0 Å². The Bertz CT molecular complexity index is 450. The fraction of sp³-hybridized carbons (Fsp3) is 0.588. The van der Waals surface area contributed by atoms with Gasteiger partial charge in [-0.05, 0) is 23.1 Å². The van der Waals surface area contributed by atoms with E-state index in [-0.39, 0.29) is 5.41 Å². The lowest BCUT2D eigenvalue weighted by atomic mass is 9.87. The van der Waals surface area contributed by atoms with Gasteiger partial charge in [-0.3, -0.25) is 0 Å². The fourth-order valence-corrected chi connectivity index (χ4v) is 1.75. The number of rotatable bonds is 9. The van der Waals surface area contributed by atoms with Gasteiger partial charge in [-0.1, -0.05) is 38.1 Å². The van der Waals surface area contributed by atoms with Gasteiger partial charge in [0, 0.05) is 20.0 Å². The molecule has 0 radical (unpaired) electrons. The zero-order valence-corrected chi connectivity index (χ0v) is 14.1. The van der Waals surface area contributed by atoms with E-state index in [0.717, 1.165) is 12.2 Å². The molecular formula is C17H28N2O3. The van der Waals surface area contributed by atoms with E-state index < -0.39 is 0 Å². The molecule has 0 spiro atoms. The van der Waals surface area contributed by atoms with Crippen molar-refractivity contribution in [3.8, 4) is 5.75 Å². The molecule has 0 amide bonds. The van der Waals surface area contributed by atoms with Crippen LogP contribution in [-0.4, -0.2) is 32.8 Å². The van der Waals surface area contributed by atoms with Crippen LogP contribution in [0.1, 0.15) is 39.2 Å². The lowest BCUT2D eigenvalue weighted by Gasteiger charge is -2.19. The number of ether oxygens (including phenoxy) is 2. The SMILES string of the molecule is COCCC(N)=NOCCCOc1ccc(C(C)(C)C)cc1. The quantitative estimate of drug-likeness (QED) is 0.329. The minimum absolute atomic E-state index is 0.160. The highest BCUT2D eigenvalue weighted by molar-refractivity contribution is 5.79. The monoisotopic (exact) mass is 308 g/mol. The number of nitrogens with two attached hydrogens (primary N) is 1. The Hall–Kier alpha value is -1.75. The third-order valence-electron chi connectivity index (χ3n) is 3.11. The minimum atomic E-state index is 0.160. The van der Waals surface area contributed by atoms with E-state index in [0.29, 0.717) is 32.1 Å². The van der Waals surface area contributed by atoms with Crippen molar-refractivity contribution in [1.29, 1.82) is 0 Å². The average molecular weight is 308 g/mol. The van der Waals surface area contributed by atoms with Gasteiger partial charge in [-0.15, -0.1) is 0 Å². The number of oxime groups is 1. The van der Waals surface area contributed by atoms with E-state index in [2.05, 4.69) is 38.1 Å². The van der Waals surface area contributed by atoms with Crippen LogP contribution in [0.25, 0.3) is 0 Å². The van der Waals surface area contributed by atoms with Crippen molar-refractivity contribution in [1.82, 2.24) is 0 Å². The van der Waals surface area contributed by atoms with E-state index in [4.69, 9.17) is 20.0 Å². The van der Waals surface area contributed by atoms with Gasteiger partial charge in [0.2, 0.25) is 0 Å². The van der Waals surface area contributed by atoms with Crippen LogP contribution < -0.4 is 10.5 Å². The van der Waals surface area contributed by atoms with E-state index in [9.17, 15) is 0 Å². The number of amidine groups is 1. The number of methoxy groups -OCH3 is 1. The first-order valence-electron chi connectivity index (χ1n) is 7.60. The molecule has 5 nitrogen and oxygen atoms in total. The molecule has 0 atom stereocenters. The van der Waals surface area contributed by atoms with Crippen LogP contribution in [0.15, 0.2) is 29.4 Å². The molecule has 0 unspecified atom stereocenters. The molecule has 22 heavy (non-hydrogen) atoms. The molecule has 2 N–H and O–H groups in total. The summed E-state index contributed by atoms with van der Waals surface area (Å²) < 4.78 is 10.6. The summed E-state index contributed by atoms with van der Waals surface area (Å²) in [5.41, 5.74) is 7.08. The molecule has 0 aliphatic carbocycles. The second-order valence-corrected chi connectivity index (χ2v) is 6.14. The smallest absolute Gasteiger partial charge is 0.141 e. The average Bonchev–Trinajstić information content (AvgIpc) is 2.48. The molecule has 1 aromatic carbocycles. The van der Waals surface area contributed by atoms with Crippen LogP contribution in [0.5, 0.6) is 5.75 Å². The molecule has 5 heteroatoms. The molecule has 0 bridgehead atoms. The van der Waals surface area contributed by atoms with Crippen LogP contribution in [0.2, 0.25) is 0 Å². The summed E-state index contributed by atoms with van der Waals surface area (Å²) in [6, 6.07) is 8.21. The highest BCUT2D eigenvalue weighted by Crippen LogP contribution is 2.24. The maximum atomic E-state index is 5.67. The van der Waals surface area contributed by atoms with Gasteiger partial charge >= 0.3 is 0 Å². The zero-order chi connectivity index (χ0) is 16.4. The summed E-state index contributed by atoms with van der Waals surface area (Å²) in [7, 11) is 1.62. The van der Waals surface area contributed by atoms with Gasteiger partial charge in [0.1, 0.15) is 18.2 Å². The van der Waals surface area contributed by atoms with Gasteiger partial charge < -0.3 is 20.0 Å². The minimum Gasteiger partial charge on any atom is -0.493 e. The van der Waals surface area contributed by atoms with Crippen molar-refractivity contribution >= 4 is 5.84 Å². The summed E-state index contributed by atoms with van der Waals surface area (Å²) >= 11 is 0. The van der Waals surface area contributed by atoms with Crippen molar-refractivity contribution in [3.05, 3.63) is 29.8 Å². The molecule has 0 saturated carbocycles. The predicted octanol–water partition coefficient (Wildman–Crippen LogP) is 3.08. The summed E-state index contributed by atoms with van der Waals surface area (Å²) in [5, 5.41) is 3.80. The van der Waals surface area contributed by atoms with Crippen LogP contribution in [0, 0.1) is 0 Å². The van der Waals surface area contributed by atoms with Crippen molar-refractivity contribution in [2.45, 2.75) is 39.0 Å². The maximum Gasteiger partial charge on any atom is 0.141 e. The number of nitrogens with zero attached hydrogens (tertiary/aromatic N) is 1. The molecule has 0 heterocycles. The number of benzene rings is 1. The molecule has 124 valence electrons. The van der Waals surface area contributed by atoms with E-state index in [1.807, 2.05) is 12.1 Å². The Labute approximate surface area is 133 Å². The highest BCUT2D eigenvalue weighted by Gasteiger charge is 2.12. The molecule has 1 aromatic rings. The van der Waals surface area contributed by atoms with E-state index in [1.54, 1.807) is 7.11 Å². The summed E-state index contributed by atoms with van der Waals surface area (Å²) in [4.78, 5) is 5.12. The highest BCUT2D eigenvalue weighted by atomic mass is 16.6. The maximum absolute atomic E-state index is 5.67. The van der Waals surface area contributed by atoms with Crippen LogP contribution >= 0.6 is 0 Å². The zero-order valence-electron chi connectivity index (χ0n) is 14.1. The lowest BCUT2D eigenvalue weighted by Crippen LogP contribution is -2.15. The first kappa shape index (κ1) is 18.3. The van der Waals surface area contributed by atoms with Gasteiger partial charge in [0.05, 0.1) is 13.2 Å². The van der Waals surface area contributed by atoms with E-state index >= 15 is 0 Å². The van der Waals surface area contributed by atoms with Crippen molar-refractivity contribution in [2.24, 2.45) is 10.9 Å². The Morgan fingerprint density at radius 2 is 1.77 bits per heavy atom. The first-order valence-corrected chi connectivity index (χ1v) is 7.60. The first-order chi connectivity index (χ1) is 10.4. The van der Waals surface area contributed by atoms with Crippen molar-refractivity contribution < 1.29 is 14.3 Å². The summed E-state index contributed by atoms with van der Waals surface area (Å²) in [6.45, 7) is 8.19. The molecular weight excluding hydrogens is 280 g/mol. The van der Waals surface area contributed by atoms with Crippen molar-refractivity contribution in [2.75, 3.05) is 26.9 Å². The van der Waals surface area contributed by atoms with Crippen LogP contribution in [0.4, 0.5) is 0 Å². The van der Waals surface area contributed by atoms with Gasteiger partial charge in [-0.25, -0.2) is 0 Å². The van der Waals surface area contributed by atoms with Crippen molar-refractivity contribution in [3.63, 3.8) is 0 Å². The topological polar surface area (TPSA) is 66.1 Å². The Morgan fingerprint density at radius 1 is 1.09 bits per heavy atom. The van der Waals surface area contributed by atoms with Gasteiger partial charge in [-0.2, -0.15) is 0 Å². The molecule has 0 aliphatic rings. The van der Waals surface area contributed by atoms with E-state index in [1.165, 1.54) is 5.56 Å². The Kier molecular flexibility index (Phi) is 7.74. The number of hydrogen-bond acceptors (Lipinski definition) is 4. The lowest BCUT2D eigenvalue weighted by molar-refractivity contribution is 0.125. The molecule has 0 fully saturated rings. The Morgan fingerprint density at radius 3 is 2.36 bits per heavy atom.